The number of phenolic OH excluding ortho intramolecular Hbond substituents is 1. The van der Waals surface area contributed by atoms with Crippen molar-refractivity contribution in [3.8, 4) is 32.6 Å². The summed E-state index contributed by atoms with van der Waals surface area (Å²) in [6.07, 6.45) is -4.04. The van der Waals surface area contributed by atoms with Crippen molar-refractivity contribution in [1.82, 2.24) is 51.9 Å². The molecule has 1 aromatic heterocycles. The summed E-state index contributed by atoms with van der Waals surface area (Å²) in [5, 5.41) is 136. The van der Waals surface area contributed by atoms with Gasteiger partial charge in [0.05, 0.1) is 62.0 Å². The summed E-state index contributed by atoms with van der Waals surface area (Å²) >= 11 is 1.40. The second kappa shape index (κ2) is 35.9. The molecular weight excluding hydrogens is 1330 g/mol. The highest BCUT2D eigenvalue weighted by Crippen LogP contribution is 2.35. The Labute approximate surface area is 579 Å². The normalized spacial score (nSPS) is 26.2. The number of carbonyl (C=O) groups excluding carboxylic acids is 7. The van der Waals surface area contributed by atoms with Crippen LogP contribution in [0, 0.1) is 11.8 Å². The number of nitrogens with one attached hydrogen (secondary N) is 6. The number of β-amino-alcohol motifs (C(OH)–C–C–N with tert-alkyl or cyclic N) is 1. The van der Waals surface area contributed by atoms with Crippen molar-refractivity contribution in [3.63, 3.8) is 0 Å². The van der Waals surface area contributed by atoms with E-state index in [2.05, 4.69) is 68.5 Å². The van der Waals surface area contributed by atoms with Crippen LogP contribution in [-0.2, 0) is 49.3 Å². The lowest BCUT2D eigenvalue weighted by molar-refractivity contribution is -0.433. The summed E-state index contributed by atoms with van der Waals surface area (Å²) in [5.41, 5.74) is 2.68. The Bertz CT molecular complexity index is 3360. The Morgan fingerprint density at radius 2 is 1.39 bits per heavy atom. The molecule has 99 heavy (non-hydrogen) atoms. The number of aromatic nitrogens is 2. The van der Waals surface area contributed by atoms with Gasteiger partial charge in [0.15, 0.2) is 11.5 Å². The van der Waals surface area contributed by atoms with E-state index < -0.39 is 184 Å². The van der Waals surface area contributed by atoms with Gasteiger partial charge < -0.3 is 101 Å². The maximum Gasteiger partial charge on any atom is 0.261 e. The third kappa shape index (κ3) is 19.8. The van der Waals surface area contributed by atoms with Gasteiger partial charge in [-0.2, -0.15) is 0 Å². The second-order valence-electron chi connectivity index (χ2n) is 26.0. The molecule has 1 aliphatic carbocycles. The van der Waals surface area contributed by atoms with Crippen LogP contribution >= 0.6 is 23.7 Å². The van der Waals surface area contributed by atoms with E-state index >= 15 is 0 Å². The molecule has 5 aliphatic rings. The minimum atomic E-state index is -2.16. The number of carbonyl (C=O) groups is 7. The van der Waals surface area contributed by atoms with E-state index in [0.29, 0.717) is 21.5 Å². The topological polar surface area (TPSA) is 466 Å². The summed E-state index contributed by atoms with van der Waals surface area (Å²) < 4.78 is 15.7. The largest absolute Gasteiger partial charge is 0.504 e. The maximum atomic E-state index is 15.0. The van der Waals surface area contributed by atoms with E-state index in [1.54, 1.807) is 12.1 Å². The van der Waals surface area contributed by atoms with Gasteiger partial charge in [0.1, 0.15) is 46.3 Å². The van der Waals surface area contributed by atoms with E-state index in [1.807, 2.05) is 12.1 Å². The minimum absolute atomic E-state index is 0.0189. The number of fused-ring (bicyclic) bond motifs is 2. The van der Waals surface area contributed by atoms with Gasteiger partial charge in [0, 0.05) is 86.9 Å². The van der Waals surface area contributed by atoms with E-state index in [-0.39, 0.29) is 48.4 Å². The van der Waals surface area contributed by atoms with Gasteiger partial charge in [-0.25, -0.2) is 5.26 Å². The van der Waals surface area contributed by atoms with E-state index in [1.165, 1.54) is 74.6 Å². The number of hydrogen-bond donors (Lipinski definition) is 16. The first-order valence-corrected chi connectivity index (χ1v) is 34.7. The molecular formula is C65H89N11O21S2. The monoisotopic (exact) mass is 1420 g/mol. The van der Waals surface area contributed by atoms with Crippen LogP contribution in [-0.4, -0.2) is 257 Å². The third-order valence-electron chi connectivity index (χ3n) is 18.7. The first-order valence-electron chi connectivity index (χ1n) is 33.2. The van der Waals surface area contributed by atoms with Gasteiger partial charge in [-0.15, -0.1) is 10.2 Å². The van der Waals surface area contributed by atoms with Crippen molar-refractivity contribution in [1.29, 1.82) is 0 Å². The molecule has 3 aromatic carbocycles. The van der Waals surface area contributed by atoms with Gasteiger partial charge in [0.25, 0.3) is 18.2 Å². The number of phenols is 1. The van der Waals surface area contributed by atoms with Crippen molar-refractivity contribution in [3.05, 3.63) is 77.9 Å². The molecule has 4 saturated heterocycles. The second-order valence-corrected chi connectivity index (χ2v) is 27.4. The molecule has 9 rings (SSSR count). The third-order valence-corrected chi connectivity index (χ3v) is 20.1. The van der Waals surface area contributed by atoms with Crippen molar-refractivity contribution < 1.29 is 103 Å². The molecule has 13 atom stereocenters. The minimum Gasteiger partial charge on any atom is -0.504 e. The van der Waals surface area contributed by atoms with Crippen LogP contribution in [0.5, 0.6) is 11.5 Å². The average Bonchev–Trinajstić information content (AvgIpc) is 1.70. The molecule has 0 radical (unpaired) electrons. The number of anilines is 1. The van der Waals surface area contributed by atoms with E-state index in [0.717, 1.165) is 66.6 Å². The smallest absolute Gasteiger partial charge is 0.261 e. The number of rotatable bonds is 23. The summed E-state index contributed by atoms with van der Waals surface area (Å²) in [4.78, 5) is 107. The molecule has 542 valence electrons. The van der Waals surface area contributed by atoms with Gasteiger partial charge >= 0.3 is 0 Å². The fourth-order valence-electron chi connectivity index (χ4n) is 13.1. The van der Waals surface area contributed by atoms with Gasteiger partial charge in [0.2, 0.25) is 35.4 Å². The zero-order valence-electron chi connectivity index (χ0n) is 54.7. The highest BCUT2D eigenvalue weighted by Gasteiger charge is 2.50. The molecule has 34 heteroatoms. The Balaban J connectivity index is 0.954. The van der Waals surface area contributed by atoms with Crippen LogP contribution in [0.2, 0.25) is 0 Å². The highest BCUT2D eigenvalue weighted by atomic mass is 32.2. The zero-order valence-corrected chi connectivity index (χ0v) is 56.4. The number of aliphatic hydroxyl groups excluding tert-OH is 8. The maximum absolute atomic E-state index is 15.0. The lowest BCUT2D eigenvalue weighted by atomic mass is 9.90. The van der Waals surface area contributed by atoms with Crippen LogP contribution in [0.15, 0.2) is 66.7 Å². The van der Waals surface area contributed by atoms with Crippen LogP contribution in [0.1, 0.15) is 94.0 Å². The molecule has 0 bridgehead atoms. The molecule has 1 unspecified atom stereocenters. The molecule has 32 nitrogen and oxygen atoms in total. The van der Waals surface area contributed by atoms with E-state index in [4.69, 9.17) is 14.2 Å². The SMILES string of the molecule is C[C@@H](O)[C@@H]1NC(=O)C(NC(=O)c2ccc(-c3nnc(-c4ccc(N5CCC(OCC6CCCCC6)CC5)cc4)s3)cc2)C[C@@H](O)CNC(=O)[C@@H]2[C@@H](O)[C@@H](C)CN2C(=O)[C@H]([C@H](O)CCNC(CO)CO)NC(=O)[C@H]([C@H](O)Cc2ccc(O)c(OSOOO)c2)NC(=O)[C@@H]2C[C@@H](O)CN2C1=O. The Morgan fingerprint density at radius 3 is 2.05 bits per heavy atom. The van der Waals surface area contributed by atoms with E-state index in [9.17, 15) is 79.5 Å². The summed E-state index contributed by atoms with van der Waals surface area (Å²) in [6.45, 7) is 2.33. The molecule has 1 saturated carbocycles. The number of amides is 7. The van der Waals surface area contributed by atoms with Crippen LogP contribution in [0.3, 0.4) is 0 Å². The van der Waals surface area contributed by atoms with Crippen molar-refractivity contribution in [2.45, 2.75) is 169 Å². The first kappa shape index (κ1) is 75.9. The number of ether oxygens (including phenoxy) is 1. The zero-order chi connectivity index (χ0) is 71.0. The molecule has 4 aliphatic heterocycles. The molecule has 4 aromatic rings. The predicted molar refractivity (Wildman–Crippen MR) is 355 cm³/mol. The molecule has 5 fully saturated rings. The van der Waals surface area contributed by atoms with Crippen molar-refractivity contribution in [2.75, 3.05) is 64.0 Å². The van der Waals surface area contributed by atoms with Crippen LogP contribution in [0.4, 0.5) is 5.69 Å². The summed E-state index contributed by atoms with van der Waals surface area (Å²) in [6, 6.07) is 5.53. The quantitative estimate of drug-likeness (QED) is 0.0179. The van der Waals surface area contributed by atoms with Gasteiger partial charge in [-0.3, -0.25) is 33.6 Å². The van der Waals surface area contributed by atoms with Crippen LogP contribution in [0.25, 0.3) is 21.1 Å². The number of hydrogen-bond acceptors (Lipinski definition) is 27. The van der Waals surface area contributed by atoms with Crippen LogP contribution < -0.4 is 41.0 Å². The molecule has 0 spiro atoms. The Kier molecular flexibility index (Phi) is 27.5. The Morgan fingerprint density at radius 1 is 0.747 bits per heavy atom. The number of aromatic hydroxyl groups is 1. The molecule has 5 heterocycles. The predicted octanol–water partition coefficient (Wildman–Crippen LogP) is -1.21. The van der Waals surface area contributed by atoms with Crippen molar-refractivity contribution in [2.24, 2.45) is 11.8 Å². The lowest BCUT2D eigenvalue weighted by Crippen LogP contribution is -2.64. The number of nitrogens with zero attached hydrogens (tertiary/aromatic N) is 5. The number of aliphatic hydroxyl groups is 8. The standard InChI is InChI=1S/C65H89N11O21S2/c1-34-29-76-55(56(34)85)61(90)67-28-43(80)26-46(68-57(86)38-9-11-39(12-10-38)62-72-73-63(98-62)40-13-15-42(16-14-40)74-22-19-45(20-23-74)94-33-36-6-4-3-5-7-36)58(87)69-52(35(2)79)64(91)75-30-44(81)27-47(75)59(88)70-53(50(84)24-37-8-17-48(82)51(25-37)95-99-97-96-93)60(89)71-54(65(76)92)49(83)18-21-66-41(31-77)32-78/h8-17,25,34-36,41,43-47,49-50,52-56,66,77-85,93H,3-7,18-24,26-33H2,1-2H3,(H,67,90)(H,68,86)(H,69,87)(H,70,88)(H,71,89)/t34-,35+,43+,44+,46?,47-,49+,50+,52-,53-,54-,55-,56-/m0/s1. The first-order chi connectivity index (χ1) is 47.5. The Hall–Kier alpha value is -7.26. The highest BCUT2D eigenvalue weighted by molar-refractivity contribution is 7.90. The fraction of sp³-hybridized carbons (Fsp3) is 0.585. The number of benzene rings is 3. The van der Waals surface area contributed by atoms with Gasteiger partial charge in [-0.05, 0) is 106 Å². The molecule has 16 N–H and O–H groups in total. The number of piperidine rings is 1. The van der Waals surface area contributed by atoms with Crippen molar-refractivity contribution >= 4 is 70.7 Å². The molecule has 7 amide bonds. The lowest BCUT2D eigenvalue weighted by Gasteiger charge is -2.34. The summed E-state index contributed by atoms with van der Waals surface area (Å²) in [5.74, 6) is -8.92. The fourth-order valence-corrected chi connectivity index (χ4v) is 14.2. The van der Waals surface area contributed by atoms with Gasteiger partial charge in [-0.1, -0.05) is 65.1 Å². The average molecular weight is 1420 g/mol. The summed E-state index contributed by atoms with van der Waals surface area (Å²) in [7, 11) is 0.